The van der Waals surface area contributed by atoms with Crippen molar-refractivity contribution in [3.63, 3.8) is 0 Å². The van der Waals surface area contributed by atoms with Gasteiger partial charge in [-0.3, -0.25) is 9.79 Å². The van der Waals surface area contributed by atoms with Crippen LogP contribution < -0.4 is 21.1 Å². The first-order chi connectivity index (χ1) is 17.9. The summed E-state index contributed by atoms with van der Waals surface area (Å²) in [4.78, 5) is 31.6. The lowest BCUT2D eigenvalue weighted by Crippen LogP contribution is -2.44. The molecule has 190 valence electrons. The van der Waals surface area contributed by atoms with Gasteiger partial charge < -0.3 is 20.1 Å². The lowest BCUT2D eigenvalue weighted by molar-refractivity contribution is 0.186. The third-order valence-electron chi connectivity index (χ3n) is 8.88. The van der Waals surface area contributed by atoms with Gasteiger partial charge in [-0.15, -0.1) is 0 Å². The van der Waals surface area contributed by atoms with Gasteiger partial charge in [0.1, 0.15) is 17.3 Å². The maximum absolute atomic E-state index is 14.4. The smallest absolute Gasteiger partial charge is 0.255 e. The van der Waals surface area contributed by atoms with Crippen LogP contribution in [-0.4, -0.2) is 40.0 Å². The van der Waals surface area contributed by atoms with E-state index >= 15 is 0 Å². The molecular formula is C28H30FN7O. The molecule has 2 N–H and O–H groups in total. The number of benzene rings is 1. The molecule has 3 aliphatic heterocycles. The number of fused-ring (bicyclic) bond motifs is 3. The number of nitrogens with two attached hydrogens (primary N) is 1. The minimum absolute atomic E-state index is 0.0538. The Hall–Kier alpha value is -3.59. The number of hydrogen-bond donors (Lipinski definition) is 1. The van der Waals surface area contributed by atoms with E-state index in [1.807, 2.05) is 24.5 Å². The van der Waals surface area contributed by atoms with Gasteiger partial charge in [0.2, 0.25) is 0 Å². The van der Waals surface area contributed by atoms with Gasteiger partial charge in [-0.05, 0) is 60.8 Å². The van der Waals surface area contributed by atoms with E-state index in [4.69, 9.17) is 20.7 Å². The van der Waals surface area contributed by atoms with E-state index in [1.165, 1.54) is 6.07 Å². The van der Waals surface area contributed by atoms with Crippen molar-refractivity contribution in [2.45, 2.75) is 44.7 Å². The molecule has 7 rings (SSSR count). The number of aromatic nitrogens is 3. The topological polar surface area (TPSA) is 92.6 Å². The number of anilines is 2. The molecule has 9 heteroatoms. The van der Waals surface area contributed by atoms with E-state index in [0.29, 0.717) is 13.0 Å². The van der Waals surface area contributed by atoms with E-state index in [-0.39, 0.29) is 22.8 Å². The average molecular weight is 500 g/mol. The predicted octanol–water partition coefficient (Wildman–Crippen LogP) is 2.87. The van der Waals surface area contributed by atoms with Crippen molar-refractivity contribution < 1.29 is 4.39 Å². The van der Waals surface area contributed by atoms with Crippen LogP contribution in [0.25, 0.3) is 0 Å². The fourth-order valence-electron chi connectivity index (χ4n) is 6.73. The lowest BCUT2D eigenvalue weighted by Gasteiger charge is -2.42. The Morgan fingerprint density at radius 3 is 2.78 bits per heavy atom. The highest BCUT2D eigenvalue weighted by Gasteiger charge is 2.47. The van der Waals surface area contributed by atoms with Crippen LogP contribution in [0.5, 0.6) is 0 Å². The van der Waals surface area contributed by atoms with Crippen molar-refractivity contribution >= 4 is 17.3 Å². The third kappa shape index (κ3) is 3.36. The second kappa shape index (κ2) is 8.21. The molecule has 1 aliphatic carbocycles. The second-order valence-corrected chi connectivity index (χ2v) is 10.8. The zero-order valence-corrected chi connectivity index (χ0v) is 21.0. The van der Waals surface area contributed by atoms with Crippen molar-refractivity contribution in [2.24, 2.45) is 23.2 Å². The Balaban J connectivity index is 1.10. The molecule has 5 heterocycles. The molecule has 1 saturated heterocycles. The Labute approximate surface area is 214 Å². The van der Waals surface area contributed by atoms with Crippen LogP contribution in [0, 0.1) is 11.2 Å². The minimum Gasteiger partial charge on any atom is -0.355 e. The van der Waals surface area contributed by atoms with Crippen LogP contribution >= 0.6 is 0 Å². The largest absolute Gasteiger partial charge is 0.355 e. The molecule has 8 nitrogen and oxygen atoms in total. The van der Waals surface area contributed by atoms with E-state index in [0.717, 1.165) is 90.7 Å². The molecule has 0 bridgehead atoms. The van der Waals surface area contributed by atoms with Crippen LogP contribution in [0.2, 0.25) is 0 Å². The molecule has 1 atom stereocenters. The van der Waals surface area contributed by atoms with Crippen molar-refractivity contribution in [2.75, 3.05) is 29.4 Å². The first-order valence-electron chi connectivity index (χ1n) is 13.1. The van der Waals surface area contributed by atoms with Gasteiger partial charge >= 0.3 is 0 Å². The quantitative estimate of drug-likeness (QED) is 0.554. The van der Waals surface area contributed by atoms with Crippen molar-refractivity contribution in [1.29, 1.82) is 0 Å². The van der Waals surface area contributed by atoms with Crippen LogP contribution in [0.15, 0.2) is 46.4 Å². The van der Waals surface area contributed by atoms with Crippen LogP contribution in [0.3, 0.4) is 0 Å². The number of piperidine rings is 1. The molecule has 1 aromatic carbocycles. The molecular weight excluding hydrogens is 469 g/mol. The standard InChI is InChI=1S/C28H30FN7O/c1-34-11-7-22-18(27(34)37)5-3-10-36(22)26-24-21(15-32-26)33-23(16-31-24)35-12-8-28(9-13-35)14-19-17(25(28)30)4-2-6-20(19)29/h2,4,6-7,11,16,25H,3,5,8-10,12-15,30H2,1H3/t25-/m1/s1. The van der Waals surface area contributed by atoms with Gasteiger partial charge in [0.25, 0.3) is 5.56 Å². The maximum Gasteiger partial charge on any atom is 0.255 e. The molecule has 0 amide bonds. The SMILES string of the molecule is Cn1ccc2c(c1=O)CCCN2C1=NCc2nc(N3CCC4(CC3)Cc3c(F)cccc3[C@H]4N)cnc21. The second-order valence-electron chi connectivity index (χ2n) is 10.8. The van der Waals surface area contributed by atoms with E-state index < -0.39 is 0 Å². The zero-order chi connectivity index (χ0) is 25.3. The molecule has 37 heavy (non-hydrogen) atoms. The molecule has 1 fully saturated rings. The van der Waals surface area contributed by atoms with Gasteiger partial charge in [0.05, 0.1) is 24.1 Å². The maximum atomic E-state index is 14.4. The number of aryl methyl sites for hydroxylation is 1. The van der Waals surface area contributed by atoms with Gasteiger partial charge in [0, 0.05) is 44.5 Å². The first-order valence-corrected chi connectivity index (χ1v) is 13.1. The van der Waals surface area contributed by atoms with E-state index in [1.54, 1.807) is 17.7 Å². The number of amidine groups is 1. The monoisotopic (exact) mass is 499 g/mol. The molecule has 0 unspecified atom stereocenters. The molecule has 0 radical (unpaired) electrons. The average Bonchev–Trinajstić information content (AvgIpc) is 3.46. The van der Waals surface area contributed by atoms with Crippen molar-refractivity contribution in [1.82, 2.24) is 14.5 Å². The summed E-state index contributed by atoms with van der Waals surface area (Å²) in [5.74, 6) is 1.52. The van der Waals surface area contributed by atoms with Crippen LogP contribution in [0.1, 0.15) is 53.4 Å². The highest BCUT2D eigenvalue weighted by atomic mass is 19.1. The number of rotatable bonds is 1. The zero-order valence-electron chi connectivity index (χ0n) is 21.0. The molecule has 1 spiro atoms. The normalized spacial score (nSPS) is 21.6. The third-order valence-corrected chi connectivity index (χ3v) is 8.88. The highest BCUT2D eigenvalue weighted by molar-refractivity contribution is 6.11. The first kappa shape index (κ1) is 22.6. The summed E-state index contributed by atoms with van der Waals surface area (Å²) >= 11 is 0. The summed E-state index contributed by atoms with van der Waals surface area (Å²) in [6.07, 6.45) is 7.83. The number of hydrogen-bond acceptors (Lipinski definition) is 7. The molecule has 0 saturated carbocycles. The Bertz CT molecular complexity index is 1500. The Morgan fingerprint density at radius 1 is 1.14 bits per heavy atom. The van der Waals surface area contributed by atoms with Gasteiger partial charge in [-0.25, -0.2) is 14.4 Å². The number of halogens is 1. The Kier molecular flexibility index (Phi) is 5.01. The lowest BCUT2D eigenvalue weighted by atomic mass is 9.73. The van der Waals surface area contributed by atoms with Crippen LogP contribution in [-0.2, 0) is 26.4 Å². The molecule has 4 aliphatic rings. The van der Waals surface area contributed by atoms with Crippen molar-refractivity contribution in [3.05, 3.63) is 80.9 Å². The predicted molar refractivity (Wildman–Crippen MR) is 141 cm³/mol. The summed E-state index contributed by atoms with van der Waals surface area (Å²) in [6.45, 7) is 2.92. The highest BCUT2D eigenvalue weighted by Crippen LogP contribution is 2.51. The van der Waals surface area contributed by atoms with Gasteiger partial charge in [-0.1, -0.05) is 12.1 Å². The van der Waals surface area contributed by atoms with Crippen molar-refractivity contribution in [3.8, 4) is 0 Å². The summed E-state index contributed by atoms with van der Waals surface area (Å²) < 4.78 is 16.1. The van der Waals surface area contributed by atoms with Gasteiger partial charge in [-0.2, -0.15) is 0 Å². The summed E-state index contributed by atoms with van der Waals surface area (Å²) in [7, 11) is 1.79. The summed E-state index contributed by atoms with van der Waals surface area (Å²) in [5, 5.41) is 0. The van der Waals surface area contributed by atoms with Gasteiger partial charge in [0.15, 0.2) is 5.84 Å². The summed E-state index contributed by atoms with van der Waals surface area (Å²) in [5.41, 5.74) is 11.8. The minimum atomic E-state index is -0.135. The van der Waals surface area contributed by atoms with E-state index in [2.05, 4.69) is 9.80 Å². The Morgan fingerprint density at radius 2 is 1.97 bits per heavy atom. The number of pyridine rings is 1. The fourth-order valence-corrected chi connectivity index (χ4v) is 6.73. The molecule has 2 aromatic heterocycles. The van der Waals surface area contributed by atoms with E-state index in [9.17, 15) is 9.18 Å². The number of nitrogens with zero attached hydrogens (tertiary/aromatic N) is 6. The summed E-state index contributed by atoms with van der Waals surface area (Å²) in [6, 6.07) is 7.15. The van der Waals surface area contributed by atoms with Crippen LogP contribution in [0.4, 0.5) is 15.9 Å². The number of aliphatic imine (C=N–C) groups is 1. The molecule has 3 aromatic rings. The fraction of sp³-hybridized carbons (Fsp3) is 0.429.